The van der Waals surface area contributed by atoms with E-state index in [1.165, 1.54) is 0 Å². The third-order valence-corrected chi connectivity index (χ3v) is 4.23. The zero-order chi connectivity index (χ0) is 14.7. The normalized spacial score (nSPS) is 25.1. The van der Waals surface area contributed by atoms with Crippen molar-refractivity contribution in [2.75, 3.05) is 46.8 Å². The largest absolute Gasteiger partial charge is 0.402 e. The van der Waals surface area contributed by atoms with Crippen LogP contribution >= 0.6 is 0 Å². The van der Waals surface area contributed by atoms with E-state index in [1.807, 2.05) is 19.2 Å². The van der Waals surface area contributed by atoms with Crippen molar-refractivity contribution in [1.29, 1.82) is 0 Å². The Morgan fingerprint density at radius 1 is 1.35 bits per heavy atom. The quantitative estimate of drug-likeness (QED) is 0.815. The van der Waals surface area contributed by atoms with Gasteiger partial charge in [-0.25, -0.2) is 0 Å². The fourth-order valence-electron chi connectivity index (χ4n) is 2.77. The standard InChI is InChI=1S/C15H26N4O/c1-12-10-13(16)4-5-14(12)18(3)15(20)11-19-8-6-17(2)7-9-19/h4-5,12H,6-11,16H2,1-3H3. The van der Waals surface area contributed by atoms with Gasteiger partial charge in [0.2, 0.25) is 5.91 Å². The molecule has 5 nitrogen and oxygen atoms in total. The molecule has 0 aromatic carbocycles. The molecule has 0 spiro atoms. The molecular formula is C15H26N4O. The maximum Gasteiger partial charge on any atom is 0.240 e. The van der Waals surface area contributed by atoms with Crippen LogP contribution < -0.4 is 5.73 Å². The molecule has 2 N–H and O–H groups in total. The predicted molar refractivity (Wildman–Crippen MR) is 80.8 cm³/mol. The number of carbonyl (C=O) groups is 1. The van der Waals surface area contributed by atoms with Gasteiger partial charge in [-0.15, -0.1) is 0 Å². The minimum atomic E-state index is 0.168. The molecule has 0 saturated carbocycles. The van der Waals surface area contributed by atoms with E-state index < -0.39 is 0 Å². The van der Waals surface area contributed by atoms with Gasteiger partial charge in [0.1, 0.15) is 0 Å². The molecule has 1 atom stereocenters. The summed E-state index contributed by atoms with van der Waals surface area (Å²) in [4.78, 5) is 18.7. The average Bonchev–Trinajstić information content (AvgIpc) is 2.40. The van der Waals surface area contributed by atoms with Crippen LogP contribution in [-0.4, -0.2) is 67.4 Å². The smallest absolute Gasteiger partial charge is 0.240 e. The van der Waals surface area contributed by atoms with Gasteiger partial charge >= 0.3 is 0 Å². The van der Waals surface area contributed by atoms with Gasteiger partial charge in [-0.2, -0.15) is 0 Å². The Bertz CT molecular complexity index is 422. The highest BCUT2D eigenvalue weighted by Crippen LogP contribution is 2.24. The van der Waals surface area contributed by atoms with Crippen molar-refractivity contribution in [3.8, 4) is 0 Å². The molecule has 0 aromatic rings. The zero-order valence-electron chi connectivity index (χ0n) is 12.8. The second-order valence-corrected chi connectivity index (χ2v) is 5.97. The number of hydrogen-bond acceptors (Lipinski definition) is 4. The van der Waals surface area contributed by atoms with E-state index in [2.05, 4.69) is 23.8 Å². The van der Waals surface area contributed by atoms with E-state index in [4.69, 9.17) is 5.73 Å². The van der Waals surface area contributed by atoms with Crippen LogP contribution in [0.1, 0.15) is 13.3 Å². The summed E-state index contributed by atoms with van der Waals surface area (Å²) in [7, 11) is 3.99. The molecule has 1 amide bonds. The van der Waals surface area contributed by atoms with Crippen molar-refractivity contribution in [3.05, 3.63) is 23.5 Å². The number of nitrogens with zero attached hydrogens (tertiary/aromatic N) is 3. The van der Waals surface area contributed by atoms with Crippen molar-refractivity contribution in [3.63, 3.8) is 0 Å². The monoisotopic (exact) mass is 278 g/mol. The number of piperazine rings is 1. The van der Waals surface area contributed by atoms with E-state index in [0.717, 1.165) is 44.0 Å². The molecule has 0 bridgehead atoms. The molecule has 2 aliphatic rings. The van der Waals surface area contributed by atoms with E-state index in [1.54, 1.807) is 4.90 Å². The SMILES string of the molecule is CC1CC(N)=CC=C1N(C)C(=O)CN1CCN(C)CC1. The molecular weight excluding hydrogens is 252 g/mol. The summed E-state index contributed by atoms with van der Waals surface area (Å²) in [5.74, 6) is 0.475. The summed E-state index contributed by atoms with van der Waals surface area (Å²) in [6, 6.07) is 0. The lowest BCUT2D eigenvalue weighted by Crippen LogP contribution is -2.48. The van der Waals surface area contributed by atoms with Crippen molar-refractivity contribution < 1.29 is 4.79 Å². The van der Waals surface area contributed by atoms with Gasteiger partial charge in [-0.1, -0.05) is 6.92 Å². The van der Waals surface area contributed by atoms with Crippen molar-refractivity contribution >= 4 is 5.91 Å². The van der Waals surface area contributed by atoms with Crippen LogP contribution in [0.25, 0.3) is 0 Å². The molecule has 0 radical (unpaired) electrons. The molecule has 1 fully saturated rings. The van der Waals surface area contributed by atoms with Crippen molar-refractivity contribution in [2.45, 2.75) is 13.3 Å². The molecule has 0 aromatic heterocycles. The first-order chi connectivity index (χ1) is 9.47. The van der Waals surface area contributed by atoms with Crippen molar-refractivity contribution in [1.82, 2.24) is 14.7 Å². The summed E-state index contributed by atoms with van der Waals surface area (Å²) in [5.41, 5.74) is 7.78. The third kappa shape index (κ3) is 3.61. The summed E-state index contributed by atoms with van der Waals surface area (Å²) in [5, 5.41) is 0. The molecule has 1 aliphatic carbocycles. The number of nitrogens with two attached hydrogens (primary N) is 1. The maximum absolute atomic E-state index is 12.4. The lowest BCUT2D eigenvalue weighted by atomic mass is 9.96. The molecule has 5 heteroatoms. The molecule has 1 unspecified atom stereocenters. The van der Waals surface area contributed by atoms with E-state index >= 15 is 0 Å². The van der Waals surface area contributed by atoms with E-state index in [-0.39, 0.29) is 5.91 Å². The Morgan fingerprint density at radius 2 is 2.00 bits per heavy atom. The number of hydrogen-bond donors (Lipinski definition) is 1. The highest BCUT2D eigenvalue weighted by molar-refractivity contribution is 5.80. The average molecular weight is 278 g/mol. The van der Waals surface area contributed by atoms with Gasteiger partial charge in [0.05, 0.1) is 6.54 Å². The van der Waals surface area contributed by atoms with Crippen LogP contribution in [0.5, 0.6) is 0 Å². The Morgan fingerprint density at radius 3 is 2.60 bits per heavy atom. The first kappa shape index (κ1) is 15.1. The number of carbonyl (C=O) groups excluding carboxylic acids is 1. The van der Waals surface area contributed by atoms with Crippen LogP contribution in [0.3, 0.4) is 0 Å². The molecule has 1 aliphatic heterocycles. The Hall–Kier alpha value is -1.33. The lowest BCUT2D eigenvalue weighted by molar-refractivity contribution is -0.130. The predicted octanol–water partition coefficient (Wildman–Crippen LogP) is 0.459. The maximum atomic E-state index is 12.4. The number of amides is 1. The first-order valence-electron chi connectivity index (χ1n) is 7.31. The molecule has 20 heavy (non-hydrogen) atoms. The van der Waals surface area contributed by atoms with Crippen LogP contribution in [0.4, 0.5) is 0 Å². The van der Waals surface area contributed by atoms with Gasteiger partial charge in [0.25, 0.3) is 0 Å². The molecule has 1 heterocycles. The molecule has 2 rings (SSSR count). The van der Waals surface area contributed by atoms with Gasteiger partial charge in [0, 0.05) is 50.5 Å². The van der Waals surface area contributed by atoms with Gasteiger partial charge in [-0.3, -0.25) is 9.69 Å². The minimum absolute atomic E-state index is 0.168. The summed E-state index contributed by atoms with van der Waals surface area (Å²) in [6.45, 7) is 6.64. The first-order valence-corrected chi connectivity index (χ1v) is 7.31. The summed E-state index contributed by atoms with van der Waals surface area (Å²) in [6.07, 6.45) is 4.72. The van der Waals surface area contributed by atoms with Gasteiger partial charge < -0.3 is 15.5 Å². The fourth-order valence-corrected chi connectivity index (χ4v) is 2.77. The highest BCUT2D eigenvalue weighted by Gasteiger charge is 2.23. The molecule has 1 saturated heterocycles. The zero-order valence-corrected chi connectivity index (χ0v) is 12.8. The van der Waals surface area contributed by atoms with Gasteiger partial charge in [-0.05, 0) is 25.6 Å². The highest BCUT2D eigenvalue weighted by atomic mass is 16.2. The second kappa shape index (κ2) is 6.41. The van der Waals surface area contributed by atoms with Crippen molar-refractivity contribution in [2.24, 2.45) is 11.7 Å². The fraction of sp³-hybridized carbons (Fsp3) is 0.667. The number of likely N-dealkylation sites (N-methyl/N-ethyl adjacent to an activating group) is 2. The topological polar surface area (TPSA) is 52.8 Å². The number of rotatable bonds is 3. The minimum Gasteiger partial charge on any atom is -0.402 e. The number of allylic oxidation sites excluding steroid dienone is 4. The Kier molecular flexibility index (Phi) is 4.83. The summed E-state index contributed by atoms with van der Waals surface area (Å²) >= 11 is 0. The van der Waals surface area contributed by atoms with Crippen LogP contribution in [-0.2, 0) is 4.79 Å². The van der Waals surface area contributed by atoms with Gasteiger partial charge in [0.15, 0.2) is 0 Å². The Balaban J connectivity index is 1.92. The van der Waals surface area contributed by atoms with Crippen LogP contribution in [0, 0.1) is 5.92 Å². The third-order valence-electron chi connectivity index (χ3n) is 4.23. The van der Waals surface area contributed by atoms with Crippen LogP contribution in [0.2, 0.25) is 0 Å². The van der Waals surface area contributed by atoms with E-state index in [9.17, 15) is 4.79 Å². The molecule has 112 valence electrons. The summed E-state index contributed by atoms with van der Waals surface area (Å²) < 4.78 is 0. The van der Waals surface area contributed by atoms with Crippen LogP contribution in [0.15, 0.2) is 23.5 Å². The lowest BCUT2D eigenvalue weighted by Gasteiger charge is -2.34. The second-order valence-electron chi connectivity index (χ2n) is 5.97. The Labute approximate surface area is 121 Å². The van der Waals surface area contributed by atoms with E-state index in [0.29, 0.717) is 12.5 Å².